The Bertz CT molecular complexity index is 223. The summed E-state index contributed by atoms with van der Waals surface area (Å²) in [5.41, 5.74) is 0. The third-order valence-electron chi connectivity index (χ3n) is 2.50. The highest BCUT2D eigenvalue weighted by Crippen LogP contribution is 2.40. The molecular formula is C8H17NO5P. The molecule has 1 rings (SSSR count). The Morgan fingerprint density at radius 3 is 2.33 bits per heavy atom. The molecule has 6 nitrogen and oxygen atoms in total. The second-order valence-electron chi connectivity index (χ2n) is 3.73. The molecule has 0 aliphatic heterocycles. The fraction of sp³-hybridized carbons (Fsp3) is 1.00. The Morgan fingerprint density at radius 2 is 1.87 bits per heavy atom. The molecule has 3 N–H and O–H groups in total. The standard InChI is InChI=1S/C8H17NO5P/c10-6-5-9-7-1-3-8(4-2-7)14-15(11,12)13/h7-9H,1-6H2,(H2,11,12,13). The van der Waals surface area contributed by atoms with E-state index in [1.54, 1.807) is 0 Å². The Labute approximate surface area is 88.9 Å². The van der Waals surface area contributed by atoms with Gasteiger partial charge >= 0.3 is 7.82 Å². The maximum absolute atomic E-state index is 10.6. The van der Waals surface area contributed by atoms with Crippen molar-refractivity contribution in [3.63, 3.8) is 0 Å². The molecule has 0 aromatic heterocycles. The van der Waals surface area contributed by atoms with Crippen LogP contribution in [0.25, 0.3) is 0 Å². The quantitative estimate of drug-likeness (QED) is 0.603. The molecule has 1 fully saturated rings. The van der Waals surface area contributed by atoms with Gasteiger partial charge in [0.1, 0.15) is 0 Å². The van der Waals surface area contributed by atoms with Crippen molar-refractivity contribution in [2.75, 3.05) is 13.2 Å². The molecule has 0 unspecified atom stereocenters. The third kappa shape index (κ3) is 5.61. The Kier molecular flexibility index (Phi) is 5.18. The number of hydrogen-bond donors (Lipinski definition) is 3. The number of hydrogen-bond acceptors (Lipinski definition) is 3. The van der Waals surface area contributed by atoms with E-state index in [9.17, 15) is 9.67 Å². The van der Waals surface area contributed by atoms with Gasteiger partial charge in [-0.3, -0.25) is 4.52 Å². The van der Waals surface area contributed by atoms with Crippen molar-refractivity contribution in [3.8, 4) is 0 Å². The number of rotatable bonds is 5. The van der Waals surface area contributed by atoms with Crippen molar-refractivity contribution < 1.29 is 24.0 Å². The molecule has 0 saturated heterocycles. The third-order valence-corrected chi connectivity index (χ3v) is 3.07. The molecule has 1 aliphatic carbocycles. The molecule has 0 amide bonds. The number of phosphoric acid groups is 1. The van der Waals surface area contributed by atoms with Crippen LogP contribution in [0.3, 0.4) is 0 Å². The van der Waals surface area contributed by atoms with Crippen molar-refractivity contribution in [3.05, 3.63) is 0 Å². The van der Waals surface area contributed by atoms with Crippen LogP contribution in [-0.2, 0) is 14.2 Å². The summed E-state index contributed by atoms with van der Waals surface area (Å²) in [6.45, 7) is 0.313. The monoisotopic (exact) mass is 238 g/mol. The Hall–Kier alpha value is 0.0300. The van der Waals surface area contributed by atoms with E-state index in [-0.39, 0.29) is 18.8 Å². The lowest BCUT2D eigenvalue weighted by Gasteiger charge is -2.28. The predicted octanol–water partition coefficient (Wildman–Crippen LogP) is 0.427. The van der Waals surface area contributed by atoms with Gasteiger partial charge < -0.3 is 15.1 Å². The fourth-order valence-electron chi connectivity index (χ4n) is 1.83. The molecule has 15 heavy (non-hydrogen) atoms. The number of nitrogens with one attached hydrogen (secondary N) is 1. The first-order chi connectivity index (χ1) is 7.01. The first kappa shape index (κ1) is 13.1. The first-order valence-electron chi connectivity index (χ1n) is 5.06. The SMILES string of the molecule is [O]CCNC1CCC(OP(=O)(O)O)CC1. The average Bonchev–Trinajstić information content (AvgIpc) is 2.14. The van der Waals surface area contributed by atoms with Gasteiger partial charge in [0.15, 0.2) is 0 Å². The molecule has 1 aliphatic rings. The van der Waals surface area contributed by atoms with Crippen LogP contribution >= 0.6 is 7.82 Å². The van der Waals surface area contributed by atoms with Gasteiger partial charge in [0.25, 0.3) is 0 Å². The van der Waals surface area contributed by atoms with E-state index in [1.165, 1.54) is 0 Å². The van der Waals surface area contributed by atoms with Crippen LogP contribution < -0.4 is 5.32 Å². The summed E-state index contributed by atoms with van der Waals surface area (Å²) < 4.78 is 15.2. The maximum atomic E-state index is 10.6. The molecular weight excluding hydrogens is 221 g/mol. The van der Waals surface area contributed by atoms with Gasteiger partial charge in [0.05, 0.1) is 12.7 Å². The highest BCUT2D eigenvalue weighted by Gasteiger charge is 2.27. The van der Waals surface area contributed by atoms with Crippen molar-refractivity contribution in [2.24, 2.45) is 0 Å². The van der Waals surface area contributed by atoms with Gasteiger partial charge in [0, 0.05) is 12.6 Å². The van der Waals surface area contributed by atoms with E-state index in [1.807, 2.05) is 0 Å². The molecule has 0 aromatic carbocycles. The maximum Gasteiger partial charge on any atom is 0.469 e. The molecule has 1 radical (unpaired) electrons. The normalized spacial score (nSPS) is 27.9. The van der Waals surface area contributed by atoms with Crippen molar-refractivity contribution in [2.45, 2.75) is 37.8 Å². The minimum absolute atomic E-state index is 0.140. The van der Waals surface area contributed by atoms with Crippen LogP contribution in [0.1, 0.15) is 25.7 Å². The van der Waals surface area contributed by atoms with Gasteiger partial charge in [-0.2, -0.15) is 0 Å². The van der Waals surface area contributed by atoms with E-state index in [4.69, 9.17) is 9.79 Å². The zero-order valence-corrected chi connectivity index (χ0v) is 9.36. The Morgan fingerprint density at radius 1 is 1.27 bits per heavy atom. The van der Waals surface area contributed by atoms with Gasteiger partial charge in [0.2, 0.25) is 0 Å². The molecule has 0 atom stereocenters. The summed E-state index contributed by atoms with van der Waals surface area (Å²) in [7, 11) is -4.35. The van der Waals surface area contributed by atoms with Crippen LogP contribution in [0.5, 0.6) is 0 Å². The minimum Gasteiger partial charge on any atom is -0.312 e. The van der Waals surface area contributed by atoms with E-state index >= 15 is 0 Å². The summed E-state index contributed by atoms with van der Waals surface area (Å²) in [6.07, 6.45) is 2.50. The molecule has 7 heteroatoms. The van der Waals surface area contributed by atoms with Gasteiger partial charge in [-0.05, 0) is 25.7 Å². The highest BCUT2D eigenvalue weighted by atomic mass is 31.2. The molecule has 1 saturated carbocycles. The molecule has 0 aromatic rings. The summed E-state index contributed by atoms with van der Waals surface area (Å²) in [6, 6.07) is 0.288. The van der Waals surface area contributed by atoms with E-state index in [0.29, 0.717) is 19.4 Å². The van der Waals surface area contributed by atoms with Crippen LogP contribution in [0.2, 0.25) is 0 Å². The lowest BCUT2D eigenvalue weighted by molar-refractivity contribution is 0.0936. The predicted molar refractivity (Wildman–Crippen MR) is 52.7 cm³/mol. The molecule has 0 bridgehead atoms. The van der Waals surface area contributed by atoms with Crippen LogP contribution in [-0.4, -0.2) is 35.1 Å². The average molecular weight is 238 g/mol. The van der Waals surface area contributed by atoms with E-state index < -0.39 is 7.82 Å². The zero-order chi connectivity index (χ0) is 11.3. The lowest BCUT2D eigenvalue weighted by Crippen LogP contribution is -2.36. The van der Waals surface area contributed by atoms with E-state index in [2.05, 4.69) is 9.84 Å². The van der Waals surface area contributed by atoms with Crippen LogP contribution in [0.15, 0.2) is 0 Å². The molecule has 0 spiro atoms. The van der Waals surface area contributed by atoms with E-state index in [0.717, 1.165) is 12.8 Å². The lowest BCUT2D eigenvalue weighted by atomic mass is 9.93. The fourth-order valence-corrected chi connectivity index (χ4v) is 2.43. The van der Waals surface area contributed by atoms with Gasteiger partial charge in [-0.1, -0.05) is 0 Å². The summed E-state index contributed by atoms with van der Waals surface area (Å²) in [4.78, 5) is 17.2. The first-order valence-corrected chi connectivity index (χ1v) is 6.60. The van der Waals surface area contributed by atoms with Crippen LogP contribution in [0.4, 0.5) is 0 Å². The summed E-state index contributed by atoms with van der Waals surface area (Å²) >= 11 is 0. The second kappa shape index (κ2) is 5.94. The summed E-state index contributed by atoms with van der Waals surface area (Å²) in [5.74, 6) is 0. The van der Waals surface area contributed by atoms with Crippen molar-refractivity contribution >= 4 is 7.82 Å². The van der Waals surface area contributed by atoms with Gasteiger partial charge in [-0.25, -0.2) is 9.67 Å². The molecule has 0 heterocycles. The smallest absolute Gasteiger partial charge is 0.312 e. The summed E-state index contributed by atoms with van der Waals surface area (Å²) in [5, 5.41) is 13.3. The Balaban J connectivity index is 2.21. The van der Waals surface area contributed by atoms with Gasteiger partial charge in [-0.15, -0.1) is 0 Å². The highest BCUT2D eigenvalue weighted by molar-refractivity contribution is 7.46. The second-order valence-corrected chi connectivity index (χ2v) is 4.92. The van der Waals surface area contributed by atoms with Crippen LogP contribution in [0, 0.1) is 0 Å². The largest absolute Gasteiger partial charge is 0.469 e. The minimum atomic E-state index is -4.35. The number of phosphoric ester groups is 1. The van der Waals surface area contributed by atoms with Crippen molar-refractivity contribution in [1.82, 2.24) is 5.32 Å². The van der Waals surface area contributed by atoms with Crippen molar-refractivity contribution in [1.29, 1.82) is 0 Å². The molecule has 89 valence electrons. The topological polar surface area (TPSA) is 98.7 Å². The zero-order valence-electron chi connectivity index (χ0n) is 8.46.